The van der Waals surface area contributed by atoms with E-state index in [4.69, 9.17) is 0 Å². The number of rotatable bonds is 4. The van der Waals surface area contributed by atoms with Gasteiger partial charge in [-0.3, -0.25) is 9.48 Å². The van der Waals surface area contributed by atoms with Crippen molar-refractivity contribution in [3.8, 4) is 0 Å². The zero-order chi connectivity index (χ0) is 16.6. The van der Waals surface area contributed by atoms with Crippen molar-refractivity contribution in [2.45, 2.75) is 39.3 Å². The summed E-state index contributed by atoms with van der Waals surface area (Å²) in [6.45, 7) is 7.61. The minimum atomic E-state index is -1.13. The Kier molecular flexibility index (Phi) is 3.93. The van der Waals surface area contributed by atoms with E-state index in [1.54, 1.807) is 11.1 Å². The lowest BCUT2D eigenvalue weighted by atomic mass is 10.00. The first-order chi connectivity index (χ1) is 10.9. The molecule has 1 amide bonds. The predicted octanol–water partition coefficient (Wildman–Crippen LogP) is 0.699. The average molecular weight is 318 g/mol. The summed E-state index contributed by atoms with van der Waals surface area (Å²) in [4.78, 5) is 14.4. The van der Waals surface area contributed by atoms with Crippen LogP contribution >= 0.6 is 0 Å². The molecule has 8 nitrogen and oxygen atoms in total. The number of carbonyl (C=O) groups excluding carboxylic acids is 1. The lowest BCUT2D eigenvalue weighted by Gasteiger charge is -2.21. The van der Waals surface area contributed by atoms with Gasteiger partial charge in [-0.2, -0.15) is 20.5 Å². The number of nitrogens with zero attached hydrogens (tertiary/aromatic N) is 5. The summed E-state index contributed by atoms with van der Waals surface area (Å²) in [5.41, 5.74) is 0.792. The van der Waals surface area contributed by atoms with Crippen molar-refractivity contribution in [3.63, 3.8) is 0 Å². The Hall–Kier alpha value is -2.22. The van der Waals surface area contributed by atoms with E-state index in [9.17, 15) is 9.90 Å². The molecule has 1 atom stereocenters. The number of nitrogens with one attached hydrogen (secondary N) is 1. The third-order valence-electron chi connectivity index (χ3n) is 4.30. The Labute approximate surface area is 134 Å². The quantitative estimate of drug-likeness (QED) is 0.864. The van der Waals surface area contributed by atoms with Gasteiger partial charge in [-0.05, 0) is 12.8 Å². The maximum atomic E-state index is 12.7. The van der Waals surface area contributed by atoms with Crippen molar-refractivity contribution in [2.75, 3.05) is 13.1 Å². The number of hydrogen-bond acceptors (Lipinski definition) is 5. The summed E-state index contributed by atoms with van der Waals surface area (Å²) in [5.74, 6) is 0.359. The Bertz CT molecular complexity index is 693. The number of aromatic amines is 1. The Balaban J connectivity index is 1.76. The van der Waals surface area contributed by atoms with Gasteiger partial charge < -0.3 is 10.0 Å². The number of H-pyrrole nitrogens is 1. The van der Waals surface area contributed by atoms with Crippen LogP contribution in [0.4, 0.5) is 0 Å². The molecule has 0 saturated carbocycles. The summed E-state index contributed by atoms with van der Waals surface area (Å²) in [6.07, 6.45) is 3.57. The number of likely N-dealkylation sites (tertiary alicyclic amines) is 1. The topological polar surface area (TPSA) is 99.9 Å². The normalized spacial score (nSPS) is 21.3. The molecule has 2 N–H and O–H groups in total. The first-order valence-electron chi connectivity index (χ1n) is 7.81. The van der Waals surface area contributed by atoms with E-state index in [1.807, 2.05) is 11.6 Å². The highest BCUT2D eigenvalue weighted by Crippen LogP contribution is 2.31. The molecule has 0 aromatic carbocycles. The van der Waals surface area contributed by atoms with E-state index in [1.165, 1.54) is 6.20 Å². The van der Waals surface area contributed by atoms with Gasteiger partial charge >= 0.3 is 0 Å². The van der Waals surface area contributed by atoms with Crippen LogP contribution in [0.3, 0.4) is 0 Å². The minimum Gasteiger partial charge on any atom is -0.381 e. The lowest BCUT2D eigenvalue weighted by molar-refractivity contribution is 0.0382. The van der Waals surface area contributed by atoms with Crippen LogP contribution < -0.4 is 0 Å². The molecule has 1 aliphatic rings. The van der Waals surface area contributed by atoms with E-state index in [2.05, 4.69) is 34.4 Å². The summed E-state index contributed by atoms with van der Waals surface area (Å²) in [6, 6.07) is 0. The monoisotopic (exact) mass is 318 g/mol. The molecule has 0 radical (unpaired) electrons. The standard InChI is InChI=1S/C15H22N6O2/c1-10(2)8-21-11(3)12(6-17-21)14(22)20-5-4-15(23,9-20)13-7-16-19-18-13/h6-7,10,23H,4-5,8-9H2,1-3H3,(H,16,18,19)/t15-/m1/s1. The van der Waals surface area contributed by atoms with Gasteiger partial charge in [-0.25, -0.2) is 0 Å². The van der Waals surface area contributed by atoms with Gasteiger partial charge in [-0.1, -0.05) is 13.8 Å². The van der Waals surface area contributed by atoms with Gasteiger partial charge in [0, 0.05) is 25.2 Å². The number of carbonyl (C=O) groups is 1. The zero-order valence-electron chi connectivity index (χ0n) is 13.7. The second-order valence-corrected chi connectivity index (χ2v) is 6.58. The molecule has 23 heavy (non-hydrogen) atoms. The van der Waals surface area contributed by atoms with E-state index >= 15 is 0 Å². The molecule has 0 spiro atoms. The Morgan fingerprint density at radius 3 is 2.91 bits per heavy atom. The van der Waals surface area contributed by atoms with Gasteiger partial charge in [0.1, 0.15) is 11.3 Å². The number of hydrogen-bond donors (Lipinski definition) is 2. The van der Waals surface area contributed by atoms with Crippen LogP contribution in [0.2, 0.25) is 0 Å². The summed E-state index contributed by atoms with van der Waals surface area (Å²) >= 11 is 0. The minimum absolute atomic E-state index is 0.100. The highest BCUT2D eigenvalue weighted by molar-refractivity contribution is 5.95. The van der Waals surface area contributed by atoms with Gasteiger partial charge in [0.05, 0.1) is 24.5 Å². The highest BCUT2D eigenvalue weighted by atomic mass is 16.3. The van der Waals surface area contributed by atoms with Gasteiger partial charge in [0.15, 0.2) is 0 Å². The second-order valence-electron chi connectivity index (χ2n) is 6.58. The fraction of sp³-hybridized carbons (Fsp3) is 0.600. The first kappa shape index (κ1) is 15.7. The maximum absolute atomic E-state index is 12.7. The van der Waals surface area contributed by atoms with Crippen molar-refractivity contribution >= 4 is 5.91 Å². The van der Waals surface area contributed by atoms with Crippen molar-refractivity contribution in [1.29, 1.82) is 0 Å². The molecule has 2 aromatic heterocycles. The third-order valence-corrected chi connectivity index (χ3v) is 4.30. The number of aliphatic hydroxyl groups is 1. The van der Waals surface area contributed by atoms with E-state index < -0.39 is 5.60 Å². The van der Waals surface area contributed by atoms with E-state index in [0.717, 1.165) is 12.2 Å². The molecule has 0 bridgehead atoms. The summed E-state index contributed by atoms with van der Waals surface area (Å²) in [5, 5.41) is 25.2. The fourth-order valence-corrected chi connectivity index (χ4v) is 2.96. The average Bonchev–Trinajstić information content (AvgIpc) is 3.20. The van der Waals surface area contributed by atoms with Crippen LogP contribution in [0.15, 0.2) is 12.4 Å². The maximum Gasteiger partial charge on any atom is 0.257 e. The third kappa shape index (κ3) is 2.86. The molecule has 1 saturated heterocycles. The van der Waals surface area contributed by atoms with Crippen LogP contribution in [0.5, 0.6) is 0 Å². The molecular weight excluding hydrogens is 296 g/mol. The molecular formula is C15H22N6O2. The van der Waals surface area contributed by atoms with E-state index in [-0.39, 0.29) is 12.5 Å². The molecule has 1 fully saturated rings. The molecule has 0 aliphatic carbocycles. The molecule has 2 aromatic rings. The first-order valence-corrected chi connectivity index (χ1v) is 7.81. The number of amides is 1. The summed E-state index contributed by atoms with van der Waals surface area (Å²) < 4.78 is 1.86. The van der Waals surface area contributed by atoms with Crippen LogP contribution in [0.25, 0.3) is 0 Å². The Morgan fingerprint density at radius 2 is 2.26 bits per heavy atom. The van der Waals surface area contributed by atoms with Gasteiger partial charge in [-0.15, -0.1) is 0 Å². The van der Waals surface area contributed by atoms with Gasteiger partial charge in [0.25, 0.3) is 5.91 Å². The molecule has 124 valence electrons. The Morgan fingerprint density at radius 1 is 1.48 bits per heavy atom. The fourth-order valence-electron chi connectivity index (χ4n) is 2.96. The lowest BCUT2D eigenvalue weighted by Crippen LogP contribution is -2.34. The van der Waals surface area contributed by atoms with Gasteiger partial charge in [0.2, 0.25) is 0 Å². The van der Waals surface area contributed by atoms with Crippen LogP contribution in [0, 0.1) is 12.8 Å². The molecule has 3 heterocycles. The highest BCUT2D eigenvalue weighted by Gasteiger charge is 2.42. The molecule has 8 heteroatoms. The predicted molar refractivity (Wildman–Crippen MR) is 82.6 cm³/mol. The van der Waals surface area contributed by atoms with Crippen molar-refractivity contribution in [3.05, 3.63) is 29.3 Å². The smallest absolute Gasteiger partial charge is 0.257 e. The SMILES string of the molecule is Cc1c(C(=O)N2CC[C@](O)(c3cn[nH]n3)C2)cnn1CC(C)C. The van der Waals surface area contributed by atoms with Crippen molar-refractivity contribution < 1.29 is 9.90 Å². The largest absolute Gasteiger partial charge is 0.381 e. The van der Waals surface area contributed by atoms with E-state index in [0.29, 0.717) is 30.1 Å². The number of aromatic nitrogens is 5. The second kappa shape index (κ2) is 5.77. The van der Waals surface area contributed by atoms with Crippen LogP contribution in [-0.4, -0.2) is 54.2 Å². The summed E-state index contributed by atoms with van der Waals surface area (Å²) in [7, 11) is 0. The van der Waals surface area contributed by atoms with Crippen LogP contribution in [0.1, 0.15) is 42.0 Å². The molecule has 3 rings (SSSR count). The molecule has 1 aliphatic heterocycles. The van der Waals surface area contributed by atoms with Crippen molar-refractivity contribution in [2.24, 2.45) is 5.92 Å². The van der Waals surface area contributed by atoms with Crippen LogP contribution in [-0.2, 0) is 12.1 Å². The van der Waals surface area contributed by atoms with Crippen molar-refractivity contribution in [1.82, 2.24) is 30.1 Å². The zero-order valence-corrected chi connectivity index (χ0v) is 13.7. The number of β-amino-alcohol motifs (C(OH)–C–C–N with tert-alkyl or cyclic N) is 1. The molecule has 0 unspecified atom stereocenters.